The molecule has 21 heavy (non-hydrogen) atoms. The predicted molar refractivity (Wildman–Crippen MR) is 86.2 cm³/mol. The summed E-state index contributed by atoms with van der Waals surface area (Å²) >= 11 is 3.48. The minimum atomic E-state index is -0.427. The lowest BCUT2D eigenvalue weighted by molar-refractivity contribution is -0.00959. The smallest absolute Gasteiger partial charge is 0.0813 e. The van der Waals surface area contributed by atoms with Gasteiger partial charge in [-0.05, 0) is 30.9 Å². The van der Waals surface area contributed by atoms with Crippen LogP contribution in [0.1, 0.15) is 30.9 Å². The number of ether oxygens (including phenoxy) is 1. The van der Waals surface area contributed by atoms with Crippen LogP contribution in [-0.2, 0) is 4.74 Å². The Bertz CT molecular complexity index is 422. The van der Waals surface area contributed by atoms with E-state index in [2.05, 4.69) is 20.8 Å². The first kappa shape index (κ1) is 16.9. The zero-order valence-electron chi connectivity index (χ0n) is 12.2. The number of hydrogen-bond donors (Lipinski definition) is 2. The number of halogens is 1. The number of nitrogens with zero attached hydrogens (tertiary/aromatic N) is 1. The first-order valence-electron chi connectivity index (χ1n) is 7.58. The van der Waals surface area contributed by atoms with Crippen LogP contribution < -0.4 is 0 Å². The Morgan fingerprint density at radius 2 is 2.00 bits per heavy atom. The van der Waals surface area contributed by atoms with Crippen LogP contribution in [0.3, 0.4) is 0 Å². The molecule has 0 saturated carbocycles. The van der Waals surface area contributed by atoms with Gasteiger partial charge in [0.15, 0.2) is 0 Å². The van der Waals surface area contributed by atoms with Crippen LogP contribution >= 0.6 is 15.9 Å². The Kier molecular flexibility index (Phi) is 7.13. The van der Waals surface area contributed by atoms with Crippen molar-refractivity contribution in [1.29, 1.82) is 0 Å². The van der Waals surface area contributed by atoms with E-state index in [1.165, 1.54) is 0 Å². The zero-order chi connectivity index (χ0) is 15.1. The van der Waals surface area contributed by atoms with Crippen molar-refractivity contribution in [3.8, 4) is 0 Å². The second-order valence-electron chi connectivity index (χ2n) is 5.46. The van der Waals surface area contributed by atoms with Gasteiger partial charge in [-0.2, -0.15) is 0 Å². The summed E-state index contributed by atoms with van der Waals surface area (Å²) in [5, 5.41) is 19.0. The zero-order valence-corrected chi connectivity index (χ0v) is 13.8. The molecule has 0 radical (unpaired) electrons. The van der Waals surface area contributed by atoms with E-state index in [9.17, 15) is 5.11 Å². The Labute approximate surface area is 134 Å². The number of hydrogen-bond acceptors (Lipinski definition) is 4. The highest BCUT2D eigenvalue weighted by atomic mass is 79.9. The second-order valence-corrected chi connectivity index (χ2v) is 6.32. The van der Waals surface area contributed by atoms with Crippen molar-refractivity contribution in [2.24, 2.45) is 0 Å². The van der Waals surface area contributed by atoms with Gasteiger partial charge in [0.25, 0.3) is 0 Å². The van der Waals surface area contributed by atoms with E-state index in [-0.39, 0.29) is 12.7 Å². The molecule has 1 saturated heterocycles. The molecule has 1 unspecified atom stereocenters. The molecule has 1 atom stereocenters. The SMILES string of the molecule is OCCOC1CCN(CCC(O)c2ccccc2Br)CC1. The van der Waals surface area contributed by atoms with Crippen LogP contribution in [0.5, 0.6) is 0 Å². The third-order valence-electron chi connectivity index (χ3n) is 3.96. The summed E-state index contributed by atoms with van der Waals surface area (Å²) in [6, 6.07) is 7.83. The van der Waals surface area contributed by atoms with Gasteiger partial charge in [0.05, 0.1) is 25.4 Å². The van der Waals surface area contributed by atoms with E-state index in [0.717, 1.165) is 48.9 Å². The number of rotatable bonds is 7. The third-order valence-corrected chi connectivity index (χ3v) is 4.68. The summed E-state index contributed by atoms with van der Waals surface area (Å²) < 4.78 is 6.53. The highest BCUT2D eigenvalue weighted by Gasteiger charge is 2.20. The highest BCUT2D eigenvalue weighted by molar-refractivity contribution is 9.10. The van der Waals surface area contributed by atoms with Gasteiger partial charge in [-0.15, -0.1) is 0 Å². The molecule has 0 aliphatic carbocycles. The van der Waals surface area contributed by atoms with Crippen LogP contribution in [0.2, 0.25) is 0 Å². The van der Waals surface area contributed by atoms with Gasteiger partial charge >= 0.3 is 0 Å². The van der Waals surface area contributed by atoms with E-state index in [4.69, 9.17) is 9.84 Å². The highest BCUT2D eigenvalue weighted by Crippen LogP contribution is 2.26. The molecule has 1 aliphatic heterocycles. The Morgan fingerprint density at radius 1 is 1.29 bits per heavy atom. The fourth-order valence-electron chi connectivity index (χ4n) is 2.72. The summed E-state index contributed by atoms with van der Waals surface area (Å²) in [6.45, 7) is 3.43. The van der Waals surface area contributed by atoms with Crippen molar-refractivity contribution in [3.63, 3.8) is 0 Å². The molecule has 1 heterocycles. The van der Waals surface area contributed by atoms with Crippen molar-refractivity contribution in [3.05, 3.63) is 34.3 Å². The largest absolute Gasteiger partial charge is 0.394 e. The molecule has 1 aliphatic rings. The first-order valence-corrected chi connectivity index (χ1v) is 8.37. The van der Waals surface area contributed by atoms with Crippen LogP contribution in [0.25, 0.3) is 0 Å². The molecular formula is C16H24BrNO3. The number of piperidine rings is 1. The molecular weight excluding hydrogens is 334 g/mol. The topological polar surface area (TPSA) is 52.9 Å². The Morgan fingerprint density at radius 3 is 2.67 bits per heavy atom. The first-order chi connectivity index (χ1) is 10.2. The van der Waals surface area contributed by atoms with E-state index >= 15 is 0 Å². The molecule has 0 bridgehead atoms. The van der Waals surface area contributed by atoms with Crippen molar-refractivity contribution >= 4 is 15.9 Å². The van der Waals surface area contributed by atoms with Gasteiger partial charge in [0.1, 0.15) is 0 Å². The second kappa shape index (κ2) is 8.86. The molecule has 0 amide bonds. The lowest BCUT2D eigenvalue weighted by Gasteiger charge is -2.32. The predicted octanol–water partition coefficient (Wildman–Crippen LogP) is 2.35. The minimum Gasteiger partial charge on any atom is -0.394 e. The van der Waals surface area contributed by atoms with Crippen molar-refractivity contribution < 1.29 is 14.9 Å². The summed E-state index contributed by atoms with van der Waals surface area (Å²) in [6.07, 6.45) is 2.60. The number of aliphatic hydroxyl groups is 2. The molecule has 4 nitrogen and oxygen atoms in total. The van der Waals surface area contributed by atoms with Crippen molar-refractivity contribution in [2.75, 3.05) is 32.8 Å². The van der Waals surface area contributed by atoms with Crippen LogP contribution in [-0.4, -0.2) is 54.1 Å². The van der Waals surface area contributed by atoms with Crippen LogP contribution in [0.4, 0.5) is 0 Å². The molecule has 2 N–H and O–H groups in total. The monoisotopic (exact) mass is 357 g/mol. The summed E-state index contributed by atoms with van der Waals surface area (Å²) in [4.78, 5) is 2.37. The van der Waals surface area contributed by atoms with Gasteiger partial charge < -0.3 is 19.8 Å². The van der Waals surface area contributed by atoms with E-state index in [1.54, 1.807) is 0 Å². The van der Waals surface area contributed by atoms with E-state index in [0.29, 0.717) is 6.61 Å². The lowest BCUT2D eigenvalue weighted by Crippen LogP contribution is -2.38. The van der Waals surface area contributed by atoms with Crippen molar-refractivity contribution in [1.82, 2.24) is 4.90 Å². The maximum Gasteiger partial charge on any atom is 0.0813 e. The summed E-state index contributed by atoms with van der Waals surface area (Å²) in [7, 11) is 0. The lowest BCUT2D eigenvalue weighted by atomic mass is 10.0. The van der Waals surface area contributed by atoms with E-state index < -0.39 is 6.10 Å². The molecule has 0 spiro atoms. The fourth-order valence-corrected chi connectivity index (χ4v) is 3.27. The third kappa shape index (κ3) is 5.34. The maximum absolute atomic E-state index is 10.3. The molecule has 1 fully saturated rings. The summed E-state index contributed by atoms with van der Waals surface area (Å²) in [5.74, 6) is 0. The summed E-state index contributed by atoms with van der Waals surface area (Å²) in [5.41, 5.74) is 0.957. The standard InChI is InChI=1S/C16H24BrNO3/c17-15-4-2-1-3-14(15)16(20)7-10-18-8-5-13(6-9-18)21-12-11-19/h1-4,13,16,19-20H,5-12H2. The molecule has 1 aromatic carbocycles. The van der Waals surface area contributed by atoms with Crippen molar-refractivity contribution in [2.45, 2.75) is 31.5 Å². The molecule has 0 aromatic heterocycles. The van der Waals surface area contributed by atoms with Crippen LogP contribution in [0, 0.1) is 0 Å². The van der Waals surface area contributed by atoms with E-state index in [1.807, 2.05) is 24.3 Å². The average molecular weight is 358 g/mol. The van der Waals surface area contributed by atoms with Crippen LogP contribution in [0.15, 0.2) is 28.7 Å². The Balaban J connectivity index is 1.71. The average Bonchev–Trinajstić information content (AvgIpc) is 2.52. The number of benzene rings is 1. The van der Waals surface area contributed by atoms with Gasteiger partial charge in [-0.3, -0.25) is 0 Å². The normalized spacial score (nSPS) is 18.8. The maximum atomic E-state index is 10.3. The van der Waals surface area contributed by atoms with Gasteiger partial charge in [0, 0.05) is 24.1 Å². The quantitative estimate of drug-likeness (QED) is 0.786. The fraction of sp³-hybridized carbons (Fsp3) is 0.625. The van der Waals surface area contributed by atoms with Gasteiger partial charge in [0.2, 0.25) is 0 Å². The molecule has 5 heteroatoms. The molecule has 1 aromatic rings. The number of aliphatic hydroxyl groups excluding tert-OH is 2. The Hall–Kier alpha value is -0.460. The minimum absolute atomic E-state index is 0.0956. The van der Waals surface area contributed by atoms with Gasteiger partial charge in [-0.1, -0.05) is 34.1 Å². The number of likely N-dealkylation sites (tertiary alicyclic amines) is 1. The van der Waals surface area contributed by atoms with Gasteiger partial charge in [-0.25, -0.2) is 0 Å². The molecule has 118 valence electrons. The molecule has 2 rings (SSSR count).